The number of nitrogens with zero attached hydrogens (tertiary/aromatic N) is 4. The van der Waals surface area contributed by atoms with Crippen LogP contribution in [0.4, 0.5) is 5.69 Å². The maximum absolute atomic E-state index is 12.3. The van der Waals surface area contributed by atoms with E-state index in [-0.39, 0.29) is 16.8 Å². The van der Waals surface area contributed by atoms with Gasteiger partial charge in [0.05, 0.1) is 32.8 Å². The molecule has 1 aromatic carbocycles. The van der Waals surface area contributed by atoms with Gasteiger partial charge < -0.3 is 24.1 Å². The van der Waals surface area contributed by atoms with E-state index in [1.54, 1.807) is 39.7 Å². The summed E-state index contributed by atoms with van der Waals surface area (Å²) in [5.74, 6) is 2.07. The lowest BCUT2D eigenvalue weighted by molar-refractivity contribution is -0.113. The van der Waals surface area contributed by atoms with E-state index in [0.29, 0.717) is 40.5 Å². The zero-order valence-corrected chi connectivity index (χ0v) is 19.1. The second-order valence-electron chi connectivity index (χ2n) is 6.14. The van der Waals surface area contributed by atoms with Gasteiger partial charge in [-0.2, -0.15) is 0 Å². The molecule has 1 N–H and O–H groups in total. The molecule has 3 rings (SSSR count). The predicted octanol–water partition coefficient (Wildman–Crippen LogP) is 3.77. The van der Waals surface area contributed by atoms with E-state index in [2.05, 4.69) is 20.5 Å². The van der Waals surface area contributed by atoms with Crippen LogP contribution in [0.3, 0.4) is 0 Å². The lowest BCUT2D eigenvalue weighted by atomic mass is 10.1. The van der Waals surface area contributed by atoms with Crippen molar-refractivity contribution >= 4 is 35.0 Å². The van der Waals surface area contributed by atoms with Crippen molar-refractivity contribution in [3.05, 3.63) is 35.6 Å². The molecule has 164 valence electrons. The third-order valence-corrected chi connectivity index (χ3v) is 5.59. The van der Waals surface area contributed by atoms with Gasteiger partial charge in [-0.15, -0.1) is 10.2 Å². The van der Waals surface area contributed by atoms with Gasteiger partial charge in [0.2, 0.25) is 11.7 Å². The van der Waals surface area contributed by atoms with E-state index in [9.17, 15) is 4.79 Å². The van der Waals surface area contributed by atoms with E-state index in [0.717, 1.165) is 5.56 Å². The van der Waals surface area contributed by atoms with Crippen LogP contribution in [0, 0.1) is 0 Å². The molecule has 0 spiro atoms. The van der Waals surface area contributed by atoms with Crippen LogP contribution in [0.2, 0.25) is 5.15 Å². The molecule has 0 bridgehead atoms. The number of carbonyl (C=O) groups excluding carboxylic acids is 1. The molecule has 0 fully saturated rings. The summed E-state index contributed by atoms with van der Waals surface area (Å²) in [6.07, 6.45) is 1.56. The fourth-order valence-electron chi connectivity index (χ4n) is 2.90. The molecule has 0 radical (unpaired) electrons. The molecule has 31 heavy (non-hydrogen) atoms. The van der Waals surface area contributed by atoms with E-state index in [4.69, 9.17) is 25.8 Å². The SMILES string of the molecule is CCn1c(SCC(=O)Nc2cccnc2Cl)nnc1-c1cc(OC)c(OC)c(OC)c1. The summed E-state index contributed by atoms with van der Waals surface area (Å²) >= 11 is 7.26. The molecule has 0 aliphatic heterocycles. The highest BCUT2D eigenvalue weighted by Gasteiger charge is 2.20. The highest BCUT2D eigenvalue weighted by atomic mass is 35.5. The first-order valence-corrected chi connectivity index (χ1v) is 10.6. The van der Waals surface area contributed by atoms with Crippen molar-refractivity contribution < 1.29 is 19.0 Å². The maximum atomic E-state index is 12.3. The molecule has 0 unspecified atom stereocenters. The monoisotopic (exact) mass is 463 g/mol. The average molecular weight is 464 g/mol. The standard InChI is InChI=1S/C20H22ClN5O4S/c1-5-26-19(12-9-14(28-2)17(30-4)15(10-12)29-3)24-25-20(26)31-11-16(27)23-13-7-6-8-22-18(13)21/h6-10H,5,11H2,1-4H3,(H,23,27). The van der Waals surface area contributed by atoms with E-state index in [1.807, 2.05) is 23.6 Å². The summed E-state index contributed by atoms with van der Waals surface area (Å²) in [7, 11) is 4.66. The van der Waals surface area contributed by atoms with Crippen LogP contribution in [-0.2, 0) is 11.3 Å². The molecule has 2 aromatic heterocycles. The summed E-state index contributed by atoms with van der Waals surface area (Å²) in [6.45, 7) is 2.59. The summed E-state index contributed by atoms with van der Waals surface area (Å²) in [4.78, 5) is 16.3. The molecule has 0 saturated carbocycles. The number of hydrogen-bond donors (Lipinski definition) is 1. The second kappa shape index (κ2) is 10.4. The largest absolute Gasteiger partial charge is 0.493 e. The van der Waals surface area contributed by atoms with Crippen molar-refractivity contribution in [3.63, 3.8) is 0 Å². The van der Waals surface area contributed by atoms with Crippen LogP contribution in [0.1, 0.15) is 6.92 Å². The normalized spacial score (nSPS) is 10.6. The molecule has 9 nitrogen and oxygen atoms in total. The number of pyridine rings is 1. The molecule has 0 saturated heterocycles. The van der Waals surface area contributed by atoms with E-state index in [1.165, 1.54) is 11.8 Å². The number of hydrogen-bond acceptors (Lipinski definition) is 8. The first-order valence-electron chi connectivity index (χ1n) is 9.29. The molecule has 0 atom stereocenters. The van der Waals surface area contributed by atoms with Gasteiger partial charge in [0.1, 0.15) is 0 Å². The first kappa shape index (κ1) is 22.7. The van der Waals surface area contributed by atoms with Crippen molar-refractivity contribution in [2.24, 2.45) is 0 Å². The topological polar surface area (TPSA) is 100 Å². The fourth-order valence-corrected chi connectivity index (χ4v) is 3.87. The number of carbonyl (C=O) groups is 1. The number of halogens is 1. The van der Waals surface area contributed by atoms with Crippen LogP contribution >= 0.6 is 23.4 Å². The predicted molar refractivity (Wildman–Crippen MR) is 119 cm³/mol. The minimum Gasteiger partial charge on any atom is -0.493 e. The van der Waals surface area contributed by atoms with Crippen LogP contribution in [0.15, 0.2) is 35.6 Å². The average Bonchev–Trinajstić information content (AvgIpc) is 3.21. The Labute approximate surface area is 189 Å². The van der Waals surface area contributed by atoms with Crippen LogP contribution in [0.25, 0.3) is 11.4 Å². The number of ether oxygens (including phenoxy) is 3. The highest BCUT2D eigenvalue weighted by Crippen LogP contribution is 2.41. The summed E-state index contributed by atoms with van der Waals surface area (Å²) in [5.41, 5.74) is 1.21. The van der Waals surface area contributed by atoms with Crippen molar-refractivity contribution in [1.82, 2.24) is 19.7 Å². The number of amides is 1. The zero-order valence-electron chi connectivity index (χ0n) is 17.5. The Morgan fingerprint density at radius 3 is 2.45 bits per heavy atom. The molecular weight excluding hydrogens is 442 g/mol. The number of anilines is 1. The third-order valence-electron chi connectivity index (χ3n) is 4.32. The van der Waals surface area contributed by atoms with Crippen LogP contribution in [-0.4, -0.2) is 52.7 Å². The van der Waals surface area contributed by atoms with Gasteiger partial charge in [-0.25, -0.2) is 4.98 Å². The van der Waals surface area contributed by atoms with Crippen molar-refractivity contribution in [3.8, 4) is 28.6 Å². The Morgan fingerprint density at radius 2 is 1.87 bits per heavy atom. The Morgan fingerprint density at radius 1 is 1.16 bits per heavy atom. The number of methoxy groups -OCH3 is 3. The Kier molecular flexibility index (Phi) is 7.59. The Bertz CT molecular complexity index is 1050. The number of thioether (sulfide) groups is 1. The number of nitrogens with one attached hydrogen (secondary N) is 1. The van der Waals surface area contributed by atoms with Gasteiger partial charge in [0, 0.05) is 18.3 Å². The minimum absolute atomic E-state index is 0.138. The van der Waals surface area contributed by atoms with Gasteiger partial charge in [0.25, 0.3) is 0 Å². The van der Waals surface area contributed by atoms with Gasteiger partial charge in [-0.1, -0.05) is 23.4 Å². The van der Waals surface area contributed by atoms with Gasteiger partial charge in [0.15, 0.2) is 27.6 Å². The summed E-state index contributed by atoms with van der Waals surface area (Å²) < 4.78 is 18.2. The molecular formula is C20H22ClN5O4S. The lowest BCUT2D eigenvalue weighted by Crippen LogP contribution is -2.15. The molecule has 2 heterocycles. The number of benzene rings is 1. The molecule has 3 aromatic rings. The fraction of sp³-hybridized carbons (Fsp3) is 0.300. The molecule has 0 aliphatic rings. The summed E-state index contributed by atoms with van der Waals surface area (Å²) in [5, 5.41) is 12.2. The smallest absolute Gasteiger partial charge is 0.234 e. The van der Waals surface area contributed by atoms with Gasteiger partial charge >= 0.3 is 0 Å². The Hall–Kier alpha value is -2.98. The third kappa shape index (κ3) is 5.02. The highest BCUT2D eigenvalue weighted by molar-refractivity contribution is 7.99. The molecule has 0 aliphatic carbocycles. The van der Waals surface area contributed by atoms with Gasteiger partial charge in [-0.05, 0) is 31.2 Å². The number of rotatable bonds is 9. The quantitative estimate of drug-likeness (QED) is 0.378. The van der Waals surface area contributed by atoms with Gasteiger partial charge in [-0.3, -0.25) is 4.79 Å². The summed E-state index contributed by atoms with van der Waals surface area (Å²) in [6, 6.07) is 7.01. The van der Waals surface area contributed by atoms with Crippen LogP contribution < -0.4 is 19.5 Å². The van der Waals surface area contributed by atoms with Crippen LogP contribution in [0.5, 0.6) is 17.2 Å². The Balaban J connectivity index is 1.81. The lowest BCUT2D eigenvalue weighted by Gasteiger charge is -2.14. The van der Waals surface area contributed by atoms with E-state index >= 15 is 0 Å². The maximum Gasteiger partial charge on any atom is 0.234 e. The second-order valence-corrected chi connectivity index (χ2v) is 7.44. The minimum atomic E-state index is -0.222. The van der Waals surface area contributed by atoms with Crippen molar-refractivity contribution in [1.29, 1.82) is 0 Å². The first-order chi connectivity index (χ1) is 15.0. The van der Waals surface area contributed by atoms with E-state index < -0.39 is 0 Å². The van der Waals surface area contributed by atoms with Crippen molar-refractivity contribution in [2.75, 3.05) is 32.4 Å². The molecule has 1 amide bonds. The molecule has 11 heteroatoms. The zero-order chi connectivity index (χ0) is 22.4. The number of aromatic nitrogens is 4. The van der Waals surface area contributed by atoms with Crippen molar-refractivity contribution in [2.45, 2.75) is 18.6 Å².